The molecule has 0 amide bonds. The van der Waals surface area contributed by atoms with Gasteiger partial charge in [0.1, 0.15) is 0 Å². The molecular weight excluding hydrogens is 168 g/mol. The van der Waals surface area contributed by atoms with Gasteiger partial charge in [-0.3, -0.25) is 0 Å². The van der Waals surface area contributed by atoms with Crippen molar-refractivity contribution in [3.63, 3.8) is 0 Å². The molecule has 0 aromatic heterocycles. The third-order valence-electron chi connectivity index (χ3n) is 1.91. The average Bonchev–Trinajstić information content (AvgIpc) is 2.04. The Morgan fingerprint density at radius 3 is 2.23 bits per heavy atom. The van der Waals surface area contributed by atoms with Gasteiger partial charge in [0.05, 0.1) is 6.61 Å². The van der Waals surface area contributed by atoms with Crippen LogP contribution in [0.5, 0.6) is 0 Å². The second-order valence-corrected chi connectivity index (χ2v) is 3.40. The minimum absolute atomic E-state index is 0.279. The van der Waals surface area contributed by atoms with Crippen LogP contribution in [0.4, 0.5) is 0 Å². The van der Waals surface area contributed by atoms with Gasteiger partial charge >= 0.3 is 0 Å². The molecule has 2 N–H and O–H groups in total. The molecule has 0 fully saturated rings. The van der Waals surface area contributed by atoms with Gasteiger partial charge in [0, 0.05) is 6.42 Å². The maximum atomic E-state index is 9.20. The molecule has 0 unspecified atom stereocenters. The average molecular weight is 190 g/mol. The SMILES string of the molecule is CCCCCCOC(O)(O)CCC. The maximum absolute atomic E-state index is 9.20. The second-order valence-electron chi connectivity index (χ2n) is 3.40. The van der Waals surface area contributed by atoms with Gasteiger partial charge in [-0.2, -0.15) is 0 Å². The summed E-state index contributed by atoms with van der Waals surface area (Å²) >= 11 is 0. The highest BCUT2D eigenvalue weighted by molar-refractivity contribution is 4.49. The van der Waals surface area contributed by atoms with E-state index < -0.39 is 5.97 Å². The van der Waals surface area contributed by atoms with Crippen LogP contribution in [0, 0.1) is 0 Å². The van der Waals surface area contributed by atoms with Crippen LogP contribution in [0.15, 0.2) is 0 Å². The third kappa shape index (κ3) is 8.22. The number of ether oxygens (including phenoxy) is 1. The van der Waals surface area contributed by atoms with Crippen molar-refractivity contribution in [2.75, 3.05) is 6.61 Å². The normalized spacial score (nSPS) is 12.0. The molecule has 0 aliphatic rings. The maximum Gasteiger partial charge on any atom is 0.277 e. The predicted octanol–water partition coefficient (Wildman–Crippen LogP) is 2.02. The Morgan fingerprint density at radius 1 is 1.00 bits per heavy atom. The summed E-state index contributed by atoms with van der Waals surface area (Å²) in [6.07, 6.45) is 5.35. The molecule has 0 aromatic carbocycles. The Kier molecular flexibility index (Phi) is 7.23. The fourth-order valence-corrected chi connectivity index (χ4v) is 1.16. The predicted molar refractivity (Wildman–Crippen MR) is 52.2 cm³/mol. The zero-order valence-corrected chi connectivity index (χ0v) is 8.75. The van der Waals surface area contributed by atoms with Crippen molar-refractivity contribution in [1.82, 2.24) is 0 Å². The van der Waals surface area contributed by atoms with Crippen molar-refractivity contribution < 1.29 is 14.9 Å². The molecule has 0 aromatic rings. The lowest BCUT2D eigenvalue weighted by Crippen LogP contribution is -2.31. The molecule has 0 atom stereocenters. The molecule has 0 saturated carbocycles. The molecule has 0 heterocycles. The van der Waals surface area contributed by atoms with Gasteiger partial charge < -0.3 is 14.9 Å². The quantitative estimate of drug-likeness (QED) is 0.455. The van der Waals surface area contributed by atoms with Gasteiger partial charge in [-0.15, -0.1) is 0 Å². The summed E-state index contributed by atoms with van der Waals surface area (Å²) in [7, 11) is 0. The summed E-state index contributed by atoms with van der Waals surface area (Å²) in [5, 5.41) is 18.4. The van der Waals surface area contributed by atoms with Crippen LogP contribution in [0.3, 0.4) is 0 Å². The summed E-state index contributed by atoms with van der Waals surface area (Å²) in [5.74, 6) is -1.90. The highest BCUT2D eigenvalue weighted by atomic mass is 16.8. The summed E-state index contributed by atoms with van der Waals surface area (Å²) in [6.45, 7) is 4.47. The lowest BCUT2D eigenvalue weighted by Gasteiger charge is -2.20. The fourth-order valence-electron chi connectivity index (χ4n) is 1.16. The fraction of sp³-hybridized carbons (Fsp3) is 1.00. The lowest BCUT2D eigenvalue weighted by atomic mass is 10.2. The van der Waals surface area contributed by atoms with Crippen LogP contribution >= 0.6 is 0 Å². The van der Waals surface area contributed by atoms with E-state index in [2.05, 4.69) is 6.92 Å². The summed E-state index contributed by atoms with van der Waals surface area (Å²) in [6, 6.07) is 0. The van der Waals surface area contributed by atoms with Gasteiger partial charge in [0.15, 0.2) is 0 Å². The Labute approximate surface area is 80.7 Å². The third-order valence-corrected chi connectivity index (χ3v) is 1.91. The second kappa shape index (κ2) is 7.30. The van der Waals surface area contributed by atoms with Crippen LogP contribution in [0.2, 0.25) is 0 Å². The smallest absolute Gasteiger partial charge is 0.277 e. The zero-order chi connectivity index (χ0) is 10.2. The van der Waals surface area contributed by atoms with Gasteiger partial charge in [-0.1, -0.05) is 33.1 Å². The Morgan fingerprint density at radius 2 is 1.69 bits per heavy atom. The first-order valence-electron chi connectivity index (χ1n) is 5.21. The van der Waals surface area contributed by atoms with E-state index in [0.29, 0.717) is 13.0 Å². The number of hydrogen-bond acceptors (Lipinski definition) is 3. The summed E-state index contributed by atoms with van der Waals surface area (Å²) in [5.41, 5.74) is 0. The van der Waals surface area contributed by atoms with Crippen LogP contribution < -0.4 is 0 Å². The van der Waals surface area contributed by atoms with Crippen molar-refractivity contribution in [2.24, 2.45) is 0 Å². The first-order valence-corrected chi connectivity index (χ1v) is 5.21. The van der Waals surface area contributed by atoms with E-state index in [9.17, 15) is 10.2 Å². The van der Waals surface area contributed by atoms with Gasteiger partial charge in [-0.05, 0) is 12.8 Å². The summed E-state index contributed by atoms with van der Waals surface area (Å²) < 4.78 is 4.93. The number of aliphatic hydroxyl groups is 2. The van der Waals surface area contributed by atoms with Crippen molar-refractivity contribution in [2.45, 2.75) is 58.3 Å². The van der Waals surface area contributed by atoms with Gasteiger partial charge in [0.2, 0.25) is 0 Å². The van der Waals surface area contributed by atoms with Crippen LogP contribution in [-0.2, 0) is 4.74 Å². The first kappa shape index (κ1) is 12.9. The van der Waals surface area contributed by atoms with E-state index in [1.54, 1.807) is 0 Å². The molecule has 3 nitrogen and oxygen atoms in total. The minimum Gasteiger partial charge on any atom is -0.343 e. The molecule has 0 aliphatic carbocycles. The zero-order valence-electron chi connectivity index (χ0n) is 8.75. The molecule has 0 rings (SSSR count). The number of unbranched alkanes of at least 4 members (excludes halogenated alkanes) is 3. The molecule has 0 saturated heterocycles. The largest absolute Gasteiger partial charge is 0.343 e. The van der Waals surface area contributed by atoms with E-state index in [0.717, 1.165) is 12.8 Å². The molecular formula is C10H22O3. The summed E-state index contributed by atoms with van der Waals surface area (Å²) in [4.78, 5) is 0. The van der Waals surface area contributed by atoms with Crippen LogP contribution in [0.1, 0.15) is 52.4 Å². The molecule has 3 heteroatoms. The highest BCUT2D eigenvalue weighted by Crippen LogP contribution is 2.11. The number of hydrogen-bond donors (Lipinski definition) is 2. The first-order chi connectivity index (χ1) is 6.12. The minimum atomic E-state index is -1.90. The van der Waals surface area contributed by atoms with E-state index >= 15 is 0 Å². The van der Waals surface area contributed by atoms with Crippen LogP contribution in [-0.4, -0.2) is 22.8 Å². The topological polar surface area (TPSA) is 49.7 Å². The number of rotatable bonds is 8. The molecule has 80 valence electrons. The van der Waals surface area contributed by atoms with Gasteiger partial charge in [-0.25, -0.2) is 0 Å². The van der Waals surface area contributed by atoms with E-state index in [1.807, 2.05) is 6.92 Å². The van der Waals surface area contributed by atoms with Crippen molar-refractivity contribution in [3.05, 3.63) is 0 Å². The highest BCUT2D eigenvalue weighted by Gasteiger charge is 2.21. The van der Waals surface area contributed by atoms with Crippen molar-refractivity contribution in [3.8, 4) is 0 Å². The van der Waals surface area contributed by atoms with Crippen molar-refractivity contribution in [1.29, 1.82) is 0 Å². The molecule has 0 spiro atoms. The Bertz CT molecular complexity index is 113. The van der Waals surface area contributed by atoms with Gasteiger partial charge in [0.25, 0.3) is 5.97 Å². The van der Waals surface area contributed by atoms with E-state index in [4.69, 9.17) is 4.74 Å². The molecule has 0 radical (unpaired) electrons. The van der Waals surface area contributed by atoms with E-state index in [1.165, 1.54) is 12.8 Å². The standard InChI is InChI=1S/C10H22O3/c1-3-5-6-7-9-13-10(11,12)8-4-2/h11-12H,3-9H2,1-2H3. The monoisotopic (exact) mass is 190 g/mol. The van der Waals surface area contributed by atoms with Crippen molar-refractivity contribution >= 4 is 0 Å². The molecule has 0 bridgehead atoms. The Hall–Kier alpha value is -0.120. The molecule has 0 aliphatic heterocycles. The lowest BCUT2D eigenvalue weighted by molar-refractivity contribution is -0.340. The van der Waals surface area contributed by atoms with Crippen LogP contribution in [0.25, 0.3) is 0 Å². The molecule has 13 heavy (non-hydrogen) atoms. The Balaban J connectivity index is 3.29. The van der Waals surface area contributed by atoms with E-state index in [-0.39, 0.29) is 6.42 Å².